The molecule has 0 saturated carbocycles. The fraction of sp³-hybridized carbons (Fsp3) is 0.333. The highest BCUT2D eigenvalue weighted by molar-refractivity contribution is 7.99. The number of halogens is 1. The van der Waals surface area contributed by atoms with Gasteiger partial charge in [-0.3, -0.25) is 9.69 Å². The predicted molar refractivity (Wildman–Crippen MR) is 133 cm³/mol. The fourth-order valence-corrected chi connectivity index (χ4v) is 5.41. The van der Waals surface area contributed by atoms with Crippen molar-refractivity contribution >= 4 is 66.6 Å². The van der Waals surface area contributed by atoms with Gasteiger partial charge in [0.15, 0.2) is 15.0 Å². The molecular formula is C21H26ClN3O3S3. The summed E-state index contributed by atoms with van der Waals surface area (Å²) in [5.41, 5.74) is 0.698. The van der Waals surface area contributed by atoms with Crippen molar-refractivity contribution in [1.29, 1.82) is 0 Å². The molecule has 0 bridgehead atoms. The van der Waals surface area contributed by atoms with Crippen LogP contribution in [0.5, 0.6) is 0 Å². The van der Waals surface area contributed by atoms with Crippen molar-refractivity contribution in [3.63, 3.8) is 0 Å². The van der Waals surface area contributed by atoms with Gasteiger partial charge in [0.1, 0.15) is 0 Å². The first kappa shape index (κ1) is 25.6. The van der Waals surface area contributed by atoms with Crippen LogP contribution < -0.4 is 4.90 Å². The van der Waals surface area contributed by atoms with Crippen LogP contribution in [-0.2, 0) is 14.6 Å². The molecule has 0 aliphatic rings. The summed E-state index contributed by atoms with van der Waals surface area (Å²) < 4.78 is 24.5. The van der Waals surface area contributed by atoms with E-state index in [9.17, 15) is 13.2 Å². The third-order valence-corrected chi connectivity index (χ3v) is 7.57. The van der Waals surface area contributed by atoms with Gasteiger partial charge in [0, 0.05) is 36.4 Å². The Hall–Kier alpha value is -1.65. The molecule has 6 nitrogen and oxygen atoms in total. The van der Waals surface area contributed by atoms with Crippen molar-refractivity contribution in [1.82, 2.24) is 9.88 Å². The molecule has 1 aromatic heterocycles. The molecule has 1 heterocycles. The minimum absolute atomic E-state index is 0. The summed E-state index contributed by atoms with van der Waals surface area (Å²) in [5, 5.41) is 0.604. The van der Waals surface area contributed by atoms with E-state index in [4.69, 9.17) is 0 Å². The number of carbonyl (C=O) groups is 1. The summed E-state index contributed by atoms with van der Waals surface area (Å²) in [6.45, 7) is 1.24. The van der Waals surface area contributed by atoms with Gasteiger partial charge in [0.25, 0.3) is 0 Å². The molecule has 0 spiro atoms. The zero-order valence-corrected chi connectivity index (χ0v) is 20.9. The van der Waals surface area contributed by atoms with Gasteiger partial charge in [-0.05, 0) is 44.4 Å². The number of fused-ring (bicyclic) bond motifs is 1. The summed E-state index contributed by atoms with van der Waals surface area (Å²) in [6, 6.07) is 14.9. The Morgan fingerprint density at radius 2 is 1.81 bits per heavy atom. The van der Waals surface area contributed by atoms with Crippen LogP contribution in [0.4, 0.5) is 5.13 Å². The van der Waals surface area contributed by atoms with E-state index >= 15 is 0 Å². The Labute approximate surface area is 198 Å². The Balaban J connectivity index is 0.00000341. The molecule has 0 aliphatic carbocycles. The lowest BCUT2D eigenvalue weighted by molar-refractivity contribution is -0.118. The number of sulfone groups is 1. The summed E-state index contributed by atoms with van der Waals surface area (Å²) >= 11 is 3.00. The maximum Gasteiger partial charge on any atom is 0.229 e. The summed E-state index contributed by atoms with van der Waals surface area (Å²) in [7, 11) is 0.633. The molecule has 31 heavy (non-hydrogen) atoms. The SMILES string of the molecule is CN(C)CCN(C(=O)CCSc1ccccc1)c1nc2ccc(S(C)(=O)=O)cc2s1.Cl. The molecule has 0 saturated heterocycles. The molecule has 0 aliphatic heterocycles. The number of nitrogens with zero attached hydrogens (tertiary/aromatic N) is 3. The Kier molecular flexibility index (Phi) is 9.32. The highest BCUT2D eigenvalue weighted by Gasteiger charge is 2.20. The first-order valence-corrected chi connectivity index (χ1v) is 13.2. The third kappa shape index (κ3) is 7.18. The Morgan fingerprint density at radius 1 is 1.10 bits per heavy atom. The molecule has 168 valence electrons. The summed E-state index contributed by atoms with van der Waals surface area (Å²) in [5.74, 6) is 0.701. The minimum atomic E-state index is -3.29. The van der Waals surface area contributed by atoms with Crippen LogP contribution in [0, 0.1) is 0 Å². The molecule has 0 N–H and O–H groups in total. The number of benzene rings is 2. The molecular weight excluding hydrogens is 474 g/mol. The average Bonchev–Trinajstić information content (AvgIpc) is 3.11. The molecule has 0 radical (unpaired) electrons. The second kappa shape index (κ2) is 11.3. The molecule has 1 amide bonds. The topological polar surface area (TPSA) is 70.6 Å². The minimum Gasteiger partial charge on any atom is -0.308 e. The number of hydrogen-bond acceptors (Lipinski definition) is 7. The van der Waals surface area contributed by atoms with Gasteiger partial charge < -0.3 is 4.90 Å². The molecule has 2 aromatic carbocycles. The van der Waals surface area contributed by atoms with E-state index in [-0.39, 0.29) is 23.2 Å². The van der Waals surface area contributed by atoms with Gasteiger partial charge in [-0.2, -0.15) is 0 Å². The lowest BCUT2D eigenvalue weighted by atomic mass is 10.3. The predicted octanol–water partition coefficient (Wildman–Crippen LogP) is 4.20. The van der Waals surface area contributed by atoms with Crippen molar-refractivity contribution in [3.05, 3.63) is 48.5 Å². The number of anilines is 1. The first-order valence-electron chi connectivity index (χ1n) is 9.47. The zero-order valence-electron chi connectivity index (χ0n) is 17.6. The van der Waals surface area contributed by atoms with Crippen LogP contribution in [-0.4, -0.2) is 63.4 Å². The zero-order chi connectivity index (χ0) is 21.7. The summed E-state index contributed by atoms with van der Waals surface area (Å²) in [6.07, 6.45) is 1.59. The van der Waals surface area contributed by atoms with E-state index in [0.717, 1.165) is 9.60 Å². The quantitative estimate of drug-likeness (QED) is 0.411. The van der Waals surface area contributed by atoms with E-state index < -0.39 is 9.84 Å². The fourth-order valence-electron chi connectivity index (χ4n) is 2.77. The lowest BCUT2D eigenvalue weighted by Crippen LogP contribution is -2.36. The molecule has 10 heteroatoms. The number of thiazole rings is 1. The van der Waals surface area contributed by atoms with Crippen LogP contribution in [0.25, 0.3) is 10.2 Å². The number of thioether (sulfide) groups is 1. The Morgan fingerprint density at radius 3 is 2.45 bits per heavy atom. The van der Waals surface area contributed by atoms with Gasteiger partial charge in [-0.25, -0.2) is 13.4 Å². The van der Waals surface area contributed by atoms with E-state index in [2.05, 4.69) is 4.98 Å². The molecule has 0 fully saturated rings. The summed E-state index contributed by atoms with van der Waals surface area (Å²) in [4.78, 5) is 22.8. The van der Waals surface area contributed by atoms with Crippen LogP contribution in [0.15, 0.2) is 58.3 Å². The largest absolute Gasteiger partial charge is 0.308 e. The number of rotatable bonds is 9. The number of likely N-dealkylation sites (N-methyl/N-ethyl adjacent to an activating group) is 1. The lowest BCUT2D eigenvalue weighted by Gasteiger charge is -2.22. The first-order chi connectivity index (χ1) is 14.2. The van der Waals surface area contributed by atoms with Gasteiger partial charge >= 0.3 is 0 Å². The number of hydrogen-bond donors (Lipinski definition) is 0. The maximum absolute atomic E-state index is 13.0. The second-order valence-corrected chi connectivity index (χ2v) is 11.4. The standard InChI is InChI=1S/C21H25N3O3S3.ClH/c1-23(2)12-13-24(20(25)11-14-28-16-7-5-4-6-8-16)21-22-18-10-9-17(30(3,26)27)15-19(18)29-21;/h4-10,15H,11-14H2,1-3H3;1H. The van der Waals surface area contributed by atoms with Crippen LogP contribution >= 0.6 is 35.5 Å². The monoisotopic (exact) mass is 499 g/mol. The normalized spacial score (nSPS) is 11.5. The average molecular weight is 500 g/mol. The van der Waals surface area contributed by atoms with Gasteiger partial charge in [-0.1, -0.05) is 29.5 Å². The second-order valence-electron chi connectivity index (χ2n) is 7.16. The van der Waals surface area contributed by atoms with E-state index in [1.807, 2.05) is 49.3 Å². The smallest absolute Gasteiger partial charge is 0.229 e. The van der Waals surface area contributed by atoms with Crippen molar-refractivity contribution in [3.8, 4) is 0 Å². The third-order valence-electron chi connectivity index (χ3n) is 4.41. The van der Waals surface area contributed by atoms with Gasteiger partial charge in [-0.15, -0.1) is 24.2 Å². The molecule has 0 unspecified atom stereocenters. The molecule has 3 rings (SSSR count). The van der Waals surface area contributed by atoms with Crippen LogP contribution in [0.1, 0.15) is 6.42 Å². The van der Waals surface area contributed by atoms with Gasteiger partial charge in [0.05, 0.1) is 15.1 Å². The van der Waals surface area contributed by atoms with Crippen molar-refractivity contribution in [2.75, 3.05) is 44.1 Å². The van der Waals surface area contributed by atoms with Crippen molar-refractivity contribution in [2.24, 2.45) is 0 Å². The Bertz CT molecular complexity index is 1120. The number of amides is 1. The molecule has 0 atom stereocenters. The van der Waals surface area contributed by atoms with Crippen LogP contribution in [0.3, 0.4) is 0 Å². The molecule has 3 aromatic rings. The van der Waals surface area contributed by atoms with Crippen LogP contribution in [0.2, 0.25) is 0 Å². The van der Waals surface area contributed by atoms with E-state index in [0.29, 0.717) is 35.9 Å². The van der Waals surface area contributed by atoms with Gasteiger partial charge in [0.2, 0.25) is 5.91 Å². The highest BCUT2D eigenvalue weighted by atomic mass is 35.5. The van der Waals surface area contributed by atoms with Crippen molar-refractivity contribution < 1.29 is 13.2 Å². The van der Waals surface area contributed by atoms with E-state index in [1.54, 1.807) is 34.9 Å². The maximum atomic E-state index is 13.0. The highest BCUT2D eigenvalue weighted by Crippen LogP contribution is 2.31. The number of aromatic nitrogens is 1. The van der Waals surface area contributed by atoms with Crippen molar-refractivity contribution in [2.45, 2.75) is 16.2 Å². The number of carbonyl (C=O) groups excluding carboxylic acids is 1. The van der Waals surface area contributed by atoms with E-state index in [1.165, 1.54) is 17.6 Å².